The van der Waals surface area contributed by atoms with Crippen LogP contribution in [0.5, 0.6) is 0 Å². The van der Waals surface area contributed by atoms with E-state index in [2.05, 4.69) is 20.9 Å². The Morgan fingerprint density at radius 3 is 2.83 bits per heavy atom. The molecule has 0 aliphatic rings. The second-order valence-electron chi connectivity index (χ2n) is 4.15. The molecule has 4 heteroatoms. The summed E-state index contributed by atoms with van der Waals surface area (Å²) in [7, 11) is 0. The predicted molar refractivity (Wildman–Crippen MR) is 82.5 cm³/mol. The van der Waals surface area contributed by atoms with Gasteiger partial charge in [0.25, 0.3) is 0 Å². The molecule has 0 bridgehead atoms. The molecule has 0 fully saturated rings. The standard InChI is InChI=1S/C14H12BrCl2N/c1-8(16)3-5-11-9(2)18-13-6-4-10(15)7-12(13)14(11)17/h3-4,6-7H,5H2,1-2H3. The van der Waals surface area contributed by atoms with Crippen LogP contribution in [0.25, 0.3) is 10.9 Å². The van der Waals surface area contributed by atoms with E-state index < -0.39 is 0 Å². The summed E-state index contributed by atoms with van der Waals surface area (Å²) < 4.78 is 0.998. The summed E-state index contributed by atoms with van der Waals surface area (Å²) in [5.74, 6) is 0. The minimum atomic E-state index is 0.704. The molecule has 0 amide bonds. The molecule has 1 aromatic carbocycles. The van der Waals surface area contributed by atoms with Gasteiger partial charge in [0.15, 0.2) is 0 Å². The normalized spacial score (nSPS) is 12.2. The number of aryl methyl sites for hydroxylation is 1. The van der Waals surface area contributed by atoms with E-state index in [0.717, 1.165) is 36.7 Å². The van der Waals surface area contributed by atoms with Gasteiger partial charge in [-0.15, -0.1) is 0 Å². The molecule has 1 nitrogen and oxygen atoms in total. The summed E-state index contributed by atoms with van der Waals surface area (Å²) in [6, 6.07) is 5.92. The third kappa shape index (κ3) is 2.87. The van der Waals surface area contributed by atoms with Crippen LogP contribution < -0.4 is 0 Å². The highest BCUT2D eigenvalue weighted by Crippen LogP contribution is 2.30. The quantitative estimate of drug-likeness (QED) is 0.686. The van der Waals surface area contributed by atoms with Crippen LogP contribution in [0.2, 0.25) is 5.02 Å². The molecule has 94 valence electrons. The van der Waals surface area contributed by atoms with Gasteiger partial charge in [-0.25, -0.2) is 0 Å². The number of rotatable bonds is 2. The molecule has 0 spiro atoms. The maximum absolute atomic E-state index is 6.47. The van der Waals surface area contributed by atoms with Crippen molar-refractivity contribution in [1.29, 1.82) is 0 Å². The molecule has 0 aliphatic carbocycles. The van der Waals surface area contributed by atoms with Gasteiger partial charge in [0.2, 0.25) is 0 Å². The molecular weight excluding hydrogens is 333 g/mol. The van der Waals surface area contributed by atoms with E-state index in [0.29, 0.717) is 6.42 Å². The van der Waals surface area contributed by atoms with Crippen molar-refractivity contribution in [3.05, 3.63) is 50.1 Å². The van der Waals surface area contributed by atoms with Gasteiger partial charge < -0.3 is 0 Å². The monoisotopic (exact) mass is 343 g/mol. The molecule has 0 atom stereocenters. The molecule has 0 N–H and O–H groups in total. The van der Waals surface area contributed by atoms with Crippen LogP contribution in [0.3, 0.4) is 0 Å². The first-order chi connectivity index (χ1) is 8.49. The van der Waals surface area contributed by atoms with Gasteiger partial charge in [-0.2, -0.15) is 0 Å². The molecule has 2 rings (SSSR count). The van der Waals surface area contributed by atoms with Gasteiger partial charge >= 0.3 is 0 Å². The van der Waals surface area contributed by atoms with Crippen molar-refractivity contribution >= 4 is 50.0 Å². The number of allylic oxidation sites excluding steroid dienone is 2. The van der Waals surface area contributed by atoms with Gasteiger partial charge in [0, 0.05) is 20.6 Å². The number of hydrogen-bond donors (Lipinski definition) is 0. The number of halogens is 3. The Hall–Kier alpha value is -0.570. The van der Waals surface area contributed by atoms with Crippen molar-refractivity contribution in [3.8, 4) is 0 Å². The number of pyridine rings is 1. The second kappa shape index (κ2) is 5.60. The van der Waals surface area contributed by atoms with Gasteiger partial charge in [-0.3, -0.25) is 4.98 Å². The van der Waals surface area contributed by atoms with Gasteiger partial charge in [-0.1, -0.05) is 45.2 Å². The van der Waals surface area contributed by atoms with E-state index in [1.165, 1.54) is 0 Å². The van der Waals surface area contributed by atoms with Gasteiger partial charge in [-0.05, 0) is 44.0 Å². The Labute approximate surface area is 125 Å². The van der Waals surface area contributed by atoms with E-state index in [4.69, 9.17) is 23.2 Å². The topological polar surface area (TPSA) is 12.9 Å². The van der Waals surface area contributed by atoms with Crippen LogP contribution in [0.15, 0.2) is 33.8 Å². The summed E-state index contributed by atoms with van der Waals surface area (Å²) in [6.45, 7) is 3.83. The minimum absolute atomic E-state index is 0.704. The summed E-state index contributed by atoms with van der Waals surface area (Å²) in [5.41, 5.74) is 2.89. The van der Waals surface area contributed by atoms with Gasteiger partial charge in [0.05, 0.1) is 10.5 Å². The molecule has 0 aliphatic heterocycles. The maximum atomic E-state index is 6.47. The highest BCUT2D eigenvalue weighted by atomic mass is 79.9. The zero-order valence-electron chi connectivity index (χ0n) is 10.1. The Morgan fingerprint density at radius 1 is 1.44 bits per heavy atom. The Morgan fingerprint density at radius 2 is 2.17 bits per heavy atom. The van der Waals surface area contributed by atoms with E-state index in [1.807, 2.05) is 38.1 Å². The van der Waals surface area contributed by atoms with Crippen molar-refractivity contribution in [1.82, 2.24) is 4.98 Å². The summed E-state index contributed by atoms with van der Waals surface area (Å²) in [4.78, 5) is 4.58. The molecule has 2 aromatic rings. The third-order valence-electron chi connectivity index (χ3n) is 2.77. The van der Waals surface area contributed by atoms with Crippen molar-refractivity contribution in [2.45, 2.75) is 20.3 Å². The average molecular weight is 345 g/mol. The predicted octanol–water partition coefficient (Wildman–Crippen LogP) is 5.64. The number of aromatic nitrogens is 1. The highest BCUT2D eigenvalue weighted by Gasteiger charge is 2.10. The molecule has 1 heterocycles. The average Bonchev–Trinajstić information content (AvgIpc) is 2.30. The molecule has 0 saturated heterocycles. The summed E-state index contributed by atoms with van der Waals surface area (Å²) in [6.07, 6.45) is 2.65. The second-order valence-corrected chi connectivity index (χ2v) is 6.04. The van der Waals surface area contributed by atoms with E-state index in [-0.39, 0.29) is 0 Å². The molecule has 18 heavy (non-hydrogen) atoms. The number of benzene rings is 1. The van der Waals surface area contributed by atoms with Crippen LogP contribution in [-0.2, 0) is 6.42 Å². The Kier molecular flexibility index (Phi) is 4.31. The zero-order chi connectivity index (χ0) is 13.3. The fraction of sp³-hybridized carbons (Fsp3) is 0.214. The van der Waals surface area contributed by atoms with Crippen LogP contribution in [0.4, 0.5) is 0 Å². The van der Waals surface area contributed by atoms with Crippen molar-refractivity contribution in [2.75, 3.05) is 0 Å². The van der Waals surface area contributed by atoms with Crippen molar-refractivity contribution < 1.29 is 0 Å². The SMILES string of the molecule is CC(Cl)=CCc1c(C)nc2ccc(Br)cc2c1Cl. The fourth-order valence-corrected chi connectivity index (χ4v) is 2.63. The van der Waals surface area contributed by atoms with Crippen LogP contribution in [0, 0.1) is 6.92 Å². The lowest BCUT2D eigenvalue weighted by Gasteiger charge is -2.09. The van der Waals surface area contributed by atoms with Crippen molar-refractivity contribution in [2.24, 2.45) is 0 Å². The summed E-state index contributed by atoms with van der Waals surface area (Å²) >= 11 is 15.8. The fourth-order valence-electron chi connectivity index (χ4n) is 1.83. The van der Waals surface area contributed by atoms with Gasteiger partial charge in [0.1, 0.15) is 0 Å². The number of fused-ring (bicyclic) bond motifs is 1. The molecule has 0 saturated carbocycles. The molecule has 0 radical (unpaired) electrons. The maximum Gasteiger partial charge on any atom is 0.0721 e. The Bertz CT molecular complexity index is 631. The number of nitrogens with zero attached hydrogens (tertiary/aromatic N) is 1. The smallest absolute Gasteiger partial charge is 0.0721 e. The number of hydrogen-bond acceptors (Lipinski definition) is 1. The van der Waals surface area contributed by atoms with E-state index in [9.17, 15) is 0 Å². The first-order valence-electron chi connectivity index (χ1n) is 5.55. The molecular formula is C14H12BrCl2N. The van der Waals surface area contributed by atoms with Crippen LogP contribution in [0.1, 0.15) is 18.2 Å². The first kappa shape index (κ1) is 13.9. The Balaban J connectivity index is 2.63. The zero-order valence-corrected chi connectivity index (χ0v) is 13.2. The molecule has 1 aromatic heterocycles. The largest absolute Gasteiger partial charge is 0.253 e. The van der Waals surface area contributed by atoms with E-state index >= 15 is 0 Å². The lowest BCUT2D eigenvalue weighted by molar-refractivity contribution is 1.13. The minimum Gasteiger partial charge on any atom is -0.253 e. The van der Waals surface area contributed by atoms with Crippen LogP contribution >= 0.6 is 39.1 Å². The summed E-state index contributed by atoms with van der Waals surface area (Å²) in [5, 5.41) is 2.49. The van der Waals surface area contributed by atoms with Crippen LogP contribution in [-0.4, -0.2) is 4.98 Å². The molecule has 0 unspecified atom stereocenters. The van der Waals surface area contributed by atoms with E-state index in [1.54, 1.807) is 0 Å². The lowest BCUT2D eigenvalue weighted by atomic mass is 10.1. The van der Waals surface area contributed by atoms with Crippen molar-refractivity contribution in [3.63, 3.8) is 0 Å². The highest BCUT2D eigenvalue weighted by molar-refractivity contribution is 9.10. The lowest BCUT2D eigenvalue weighted by Crippen LogP contribution is -1.95. The third-order valence-corrected chi connectivity index (χ3v) is 3.85. The first-order valence-corrected chi connectivity index (χ1v) is 7.10.